The van der Waals surface area contributed by atoms with E-state index in [1.165, 1.54) is 17.2 Å². The third-order valence-electron chi connectivity index (χ3n) is 4.43. The minimum Gasteiger partial charge on any atom is -0.488 e. The lowest BCUT2D eigenvalue weighted by atomic mass is 9.84. The van der Waals surface area contributed by atoms with Crippen LogP contribution in [0.25, 0.3) is 6.08 Å². The largest absolute Gasteiger partial charge is 0.488 e. The average molecular weight is 352 g/mol. The maximum absolute atomic E-state index is 10.6. The van der Waals surface area contributed by atoms with Crippen molar-refractivity contribution in [2.45, 2.75) is 47.0 Å². The summed E-state index contributed by atoms with van der Waals surface area (Å²) in [6, 6.07) is 4.42. The normalized spacial score (nSPS) is 15.5. The van der Waals surface area contributed by atoms with Crippen LogP contribution in [0.4, 0.5) is 0 Å². The number of hydrogen-bond donors (Lipinski definition) is 1. The highest BCUT2D eigenvalue weighted by atomic mass is 16.5. The van der Waals surface area contributed by atoms with Gasteiger partial charge < -0.3 is 9.84 Å². The van der Waals surface area contributed by atoms with Gasteiger partial charge in [0.25, 0.3) is 0 Å². The van der Waals surface area contributed by atoms with E-state index in [-0.39, 0.29) is 5.41 Å². The molecular formula is C23H28O3. The second kappa shape index (κ2) is 7.77. The van der Waals surface area contributed by atoms with Crippen molar-refractivity contribution in [3.05, 3.63) is 69.8 Å². The molecule has 1 aromatic rings. The maximum Gasteiger partial charge on any atom is 0.328 e. The van der Waals surface area contributed by atoms with Crippen molar-refractivity contribution in [1.82, 2.24) is 0 Å². The zero-order chi connectivity index (χ0) is 19.5. The number of benzene rings is 1. The van der Waals surface area contributed by atoms with Crippen molar-refractivity contribution >= 4 is 12.0 Å². The SMILES string of the molecule is CC(C=C/C=C(\C)C1=Cc2cc(C(C)(C)C)cc(C)c2OC1)=CC(=O)O. The average Bonchev–Trinajstić information content (AvgIpc) is 2.52. The van der Waals surface area contributed by atoms with Gasteiger partial charge >= 0.3 is 5.97 Å². The molecule has 3 nitrogen and oxygen atoms in total. The number of hydrogen-bond acceptors (Lipinski definition) is 2. The highest BCUT2D eigenvalue weighted by molar-refractivity contribution is 5.81. The number of aliphatic carboxylic acids is 1. The van der Waals surface area contributed by atoms with E-state index in [1.54, 1.807) is 13.0 Å². The van der Waals surface area contributed by atoms with Crippen molar-refractivity contribution in [1.29, 1.82) is 0 Å². The van der Waals surface area contributed by atoms with Gasteiger partial charge in [-0.1, -0.05) is 45.1 Å². The van der Waals surface area contributed by atoms with Crippen molar-refractivity contribution < 1.29 is 14.6 Å². The molecule has 0 radical (unpaired) electrons. The fourth-order valence-corrected chi connectivity index (χ4v) is 2.84. The zero-order valence-electron chi connectivity index (χ0n) is 16.5. The van der Waals surface area contributed by atoms with E-state index < -0.39 is 5.97 Å². The van der Waals surface area contributed by atoms with Gasteiger partial charge in [0.2, 0.25) is 0 Å². The molecule has 0 saturated carbocycles. The summed E-state index contributed by atoms with van der Waals surface area (Å²) in [6.07, 6.45) is 9.03. The van der Waals surface area contributed by atoms with Crippen LogP contribution in [0.1, 0.15) is 51.3 Å². The first kappa shape index (κ1) is 19.8. The van der Waals surface area contributed by atoms with Gasteiger partial charge in [-0.15, -0.1) is 0 Å². The predicted molar refractivity (Wildman–Crippen MR) is 108 cm³/mol. The Balaban J connectivity index is 2.31. The Bertz CT molecular complexity index is 828. The molecule has 1 heterocycles. The van der Waals surface area contributed by atoms with Crippen molar-refractivity contribution in [2.24, 2.45) is 0 Å². The molecule has 1 aliphatic rings. The maximum atomic E-state index is 10.6. The molecule has 1 N–H and O–H groups in total. The van der Waals surface area contributed by atoms with Gasteiger partial charge in [0.1, 0.15) is 12.4 Å². The first-order valence-electron chi connectivity index (χ1n) is 8.83. The smallest absolute Gasteiger partial charge is 0.328 e. The Labute approximate surface area is 156 Å². The van der Waals surface area contributed by atoms with Crippen LogP contribution >= 0.6 is 0 Å². The van der Waals surface area contributed by atoms with Gasteiger partial charge in [-0.2, -0.15) is 0 Å². The molecular weight excluding hydrogens is 324 g/mol. The molecule has 0 fully saturated rings. The molecule has 1 aliphatic heterocycles. The number of carboxylic acids is 1. The number of allylic oxidation sites excluding steroid dienone is 4. The third kappa shape index (κ3) is 4.98. The van der Waals surface area contributed by atoms with Crippen LogP contribution in [0.3, 0.4) is 0 Å². The minimum atomic E-state index is -0.933. The summed E-state index contributed by atoms with van der Waals surface area (Å²) in [5.41, 5.74) is 6.61. The highest BCUT2D eigenvalue weighted by Gasteiger charge is 2.20. The molecule has 26 heavy (non-hydrogen) atoms. The number of ether oxygens (including phenoxy) is 1. The molecule has 3 heteroatoms. The summed E-state index contributed by atoms with van der Waals surface area (Å²) in [5.74, 6) is 0.0307. The second-order valence-electron chi connectivity index (χ2n) is 7.86. The van der Waals surface area contributed by atoms with Crippen LogP contribution in [0.15, 0.2) is 53.2 Å². The van der Waals surface area contributed by atoms with E-state index in [9.17, 15) is 4.79 Å². The second-order valence-corrected chi connectivity index (χ2v) is 7.86. The van der Waals surface area contributed by atoms with Crippen molar-refractivity contribution in [3.8, 4) is 5.75 Å². The Kier molecular flexibility index (Phi) is 5.91. The molecule has 0 atom stereocenters. The first-order chi connectivity index (χ1) is 12.1. The fourth-order valence-electron chi connectivity index (χ4n) is 2.84. The number of aryl methyl sites for hydroxylation is 1. The van der Waals surface area contributed by atoms with E-state index in [2.05, 4.69) is 45.9 Å². The standard InChI is InChI=1S/C23H28O3/c1-15(10-21(24)25)8-7-9-16(2)19-12-18-13-20(23(4,5)6)11-17(3)22(18)26-14-19/h7-13H,14H2,1-6H3,(H,24,25)/b8-7?,15-10?,16-9+. The predicted octanol–water partition coefficient (Wildman–Crippen LogP) is 5.60. The van der Waals surface area contributed by atoms with Gasteiger partial charge in [-0.05, 0) is 66.2 Å². The summed E-state index contributed by atoms with van der Waals surface area (Å²) in [7, 11) is 0. The third-order valence-corrected chi connectivity index (χ3v) is 4.43. The van der Waals surface area contributed by atoms with Crippen LogP contribution in [-0.4, -0.2) is 17.7 Å². The van der Waals surface area contributed by atoms with E-state index in [1.807, 2.05) is 19.1 Å². The lowest BCUT2D eigenvalue weighted by Crippen LogP contribution is -2.14. The van der Waals surface area contributed by atoms with Crippen LogP contribution in [-0.2, 0) is 10.2 Å². The van der Waals surface area contributed by atoms with E-state index in [4.69, 9.17) is 9.84 Å². The number of rotatable bonds is 4. The van der Waals surface area contributed by atoms with Crippen LogP contribution in [0.2, 0.25) is 0 Å². The summed E-state index contributed by atoms with van der Waals surface area (Å²) >= 11 is 0. The van der Waals surface area contributed by atoms with Gasteiger partial charge in [0.05, 0.1) is 0 Å². The van der Waals surface area contributed by atoms with Crippen LogP contribution in [0.5, 0.6) is 5.75 Å². The molecule has 0 saturated heterocycles. The summed E-state index contributed by atoms with van der Waals surface area (Å²) in [6.45, 7) is 13.1. The Hall–Kier alpha value is -2.55. The van der Waals surface area contributed by atoms with E-state index in [0.29, 0.717) is 12.2 Å². The molecule has 0 aromatic heterocycles. The number of carbonyl (C=O) groups is 1. The summed E-state index contributed by atoms with van der Waals surface area (Å²) in [4.78, 5) is 10.6. The molecule has 0 spiro atoms. The first-order valence-corrected chi connectivity index (χ1v) is 8.83. The molecule has 138 valence electrons. The van der Waals surface area contributed by atoms with Crippen LogP contribution in [0, 0.1) is 6.92 Å². The van der Waals surface area contributed by atoms with Gasteiger partial charge in [-0.25, -0.2) is 4.79 Å². The lowest BCUT2D eigenvalue weighted by Gasteiger charge is -2.25. The molecule has 0 bridgehead atoms. The van der Waals surface area contributed by atoms with E-state index in [0.717, 1.165) is 22.5 Å². The van der Waals surface area contributed by atoms with Gasteiger partial charge in [-0.3, -0.25) is 0 Å². The Morgan fingerprint density at radius 3 is 2.54 bits per heavy atom. The Morgan fingerprint density at radius 2 is 1.92 bits per heavy atom. The zero-order valence-corrected chi connectivity index (χ0v) is 16.5. The molecule has 0 amide bonds. The molecule has 2 rings (SSSR count). The summed E-state index contributed by atoms with van der Waals surface area (Å²) in [5, 5.41) is 8.74. The number of fused-ring (bicyclic) bond motifs is 1. The number of carboxylic acid groups (broad SMARTS) is 1. The van der Waals surface area contributed by atoms with Crippen molar-refractivity contribution in [2.75, 3.05) is 6.61 Å². The fraction of sp³-hybridized carbons (Fsp3) is 0.348. The van der Waals surface area contributed by atoms with Crippen molar-refractivity contribution in [3.63, 3.8) is 0 Å². The highest BCUT2D eigenvalue weighted by Crippen LogP contribution is 2.36. The molecule has 1 aromatic carbocycles. The van der Waals surface area contributed by atoms with Gasteiger partial charge in [0, 0.05) is 11.6 Å². The molecule has 0 unspecified atom stereocenters. The lowest BCUT2D eigenvalue weighted by molar-refractivity contribution is -0.131. The summed E-state index contributed by atoms with van der Waals surface area (Å²) < 4.78 is 6.01. The van der Waals surface area contributed by atoms with E-state index >= 15 is 0 Å². The van der Waals surface area contributed by atoms with Crippen LogP contribution < -0.4 is 4.74 Å². The molecule has 0 aliphatic carbocycles. The monoisotopic (exact) mass is 352 g/mol. The minimum absolute atomic E-state index is 0.0901. The topological polar surface area (TPSA) is 46.5 Å². The van der Waals surface area contributed by atoms with Gasteiger partial charge in [0.15, 0.2) is 0 Å². The quantitative estimate of drug-likeness (QED) is 0.566. The Morgan fingerprint density at radius 1 is 1.23 bits per heavy atom.